The first-order valence-electron chi connectivity index (χ1n) is 13.2. The minimum absolute atomic E-state index is 0.170. The third kappa shape index (κ3) is 5.21. The first-order valence-corrected chi connectivity index (χ1v) is 15.0. The van der Waals surface area contributed by atoms with Gasteiger partial charge in [0.25, 0.3) is 0 Å². The highest BCUT2D eigenvalue weighted by Crippen LogP contribution is 2.53. The summed E-state index contributed by atoms with van der Waals surface area (Å²) in [7, 11) is -3.43. The van der Waals surface area contributed by atoms with E-state index in [1.165, 1.54) is 12.1 Å². The highest BCUT2D eigenvalue weighted by molar-refractivity contribution is 7.90. The Morgan fingerprint density at radius 3 is 1.73 bits per heavy atom. The standard InChI is InChI=1S/C34H30O6S/c1-33(2,32(36)37)22-23-14-16-24(17-15-23)29-30(25-18-20-28(21-19-25)41(3,38)39)34(40-31(29)35,26-10-6-4-7-11-26)27-12-8-5-9-13-27/h4-21H,22H2,1-3H3,(H,36,37). The Labute approximate surface area is 239 Å². The first-order chi connectivity index (χ1) is 19.4. The van der Waals surface area contributed by atoms with Gasteiger partial charge in [0.15, 0.2) is 15.4 Å². The lowest BCUT2D eigenvalue weighted by Crippen LogP contribution is -2.30. The van der Waals surface area contributed by atoms with Crippen molar-refractivity contribution in [3.8, 4) is 0 Å². The zero-order chi connectivity index (χ0) is 29.4. The predicted molar refractivity (Wildman–Crippen MR) is 158 cm³/mol. The van der Waals surface area contributed by atoms with Gasteiger partial charge in [-0.2, -0.15) is 0 Å². The molecule has 0 fully saturated rings. The summed E-state index contributed by atoms with van der Waals surface area (Å²) in [5.74, 6) is -1.41. The molecule has 0 amide bonds. The fourth-order valence-corrected chi connectivity index (χ4v) is 5.92. The second-order valence-corrected chi connectivity index (χ2v) is 12.9. The SMILES string of the molecule is CC(C)(Cc1ccc(C2=C(c3ccc(S(C)(=O)=O)cc3)C(c3ccccc3)(c3ccccc3)OC2=O)cc1)C(=O)O. The molecule has 4 aromatic carbocycles. The van der Waals surface area contributed by atoms with Crippen LogP contribution in [0.3, 0.4) is 0 Å². The molecule has 1 aliphatic rings. The van der Waals surface area contributed by atoms with Crippen LogP contribution in [0.25, 0.3) is 11.1 Å². The number of benzene rings is 4. The fourth-order valence-electron chi connectivity index (χ4n) is 5.29. The number of sulfone groups is 1. The average Bonchev–Trinajstić information content (AvgIpc) is 3.27. The van der Waals surface area contributed by atoms with E-state index in [0.29, 0.717) is 28.7 Å². The third-order valence-electron chi connectivity index (χ3n) is 7.45. The molecular formula is C34H30O6S. The number of carboxylic acid groups (broad SMARTS) is 1. The second kappa shape index (κ2) is 10.5. The lowest BCUT2D eigenvalue weighted by atomic mass is 9.75. The molecule has 1 aliphatic heterocycles. The number of esters is 1. The molecule has 0 aliphatic carbocycles. The van der Waals surface area contributed by atoms with Crippen molar-refractivity contribution in [2.75, 3.05) is 6.26 Å². The van der Waals surface area contributed by atoms with Crippen LogP contribution in [-0.4, -0.2) is 31.7 Å². The molecule has 0 radical (unpaired) electrons. The van der Waals surface area contributed by atoms with Crippen LogP contribution >= 0.6 is 0 Å². The normalized spacial score (nSPS) is 15.0. The molecule has 0 saturated heterocycles. The summed E-state index contributed by atoms with van der Waals surface area (Å²) in [6.07, 6.45) is 1.48. The van der Waals surface area contributed by atoms with Crippen LogP contribution in [0, 0.1) is 5.41 Å². The van der Waals surface area contributed by atoms with E-state index in [0.717, 1.165) is 22.9 Å². The summed E-state index contributed by atoms with van der Waals surface area (Å²) in [5.41, 5.74) is 2.27. The lowest BCUT2D eigenvalue weighted by Gasteiger charge is -2.32. The highest BCUT2D eigenvalue weighted by atomic mass is 32.2. The van der Waals surface area contributed by atoms with Crippen molar-refractivity contribution in [1.29, 1.82) is 0 Å². The van der Waals surface area contributed by atoms with E-state index in [9.17, 15) is 23.1 Å². The molecule has 0 unspecified atom stereocenters. The zero-order valence-electron chi connectivity index (χ0n) is 23.0. The smallest absolute Gasteiger partial charge is 0.340 e. The molecular weight excluding hydrogens is 536 g/mol. The van der Waals surface area contributed by atoms with E-state index in [-0.39, 0.29) is 4.90 Å². The Kier molecular flexibility index (Phi) is 7.17. The maximum absolute atomic E-state index is 13.9. The summed E-state index contributed by atoms with van der Waals surface area (Å²) in [6.45, 7) is 3.35. The van der Waals surface area contributed by atoms with Crippen LogP contribution in [0.2, 0.25) is 0 Å². The van der Waals surface area contributed by atoms with Crippen LogP contribution in [0.15, 0.2) is 114 Å². The first kappa shape index (κ1) is 28.1. The Morgan fingerprint density at radius 1 is 0.780 bits per heavy atom. The molecule has 6 nitrogen and oxygen atoms in total. The maximum Gasteiger partial charge on any atom is 0.340 e. The molecule has 0 atom stereocenters. The minimum atomic E-state index is -3.43. The van der Waals surface area contributed by atoms with Crippen molar-refractivity contribution in [1.82, 2.24) is 0 Å². The van der Waals surface area contributed by atoms with Gasteiger partial charge in [0.05, 0.1) is 15.9 Å². The summed E-state index contributed by atoms with van der Waals surface area (Å²) in [5, 5.41) is 9.56. The molecule has 0 spiro atoms. The second-order valence-electron chi connectivity index (χ2n) is 10.9. The summed E-state index contributed by atoms with van der Waals surface area (Å²) >= 11 is 0. The van der Waals surface area contributed by atoms with Gasteiger partial charge in [-0.05, 0) is 49.1 Å². The molecule has 7 heteroatoms. The fraction of sp³-hybridized carbons (Fsp3) is 0.176. The van der Waals surface area contributed by atoms with Crippen LogP contribution in [0.5, 0.6) is 0 Å². The van der Waals surface area contributed by atoms with Gasteiger partial charge in [0.1, 0.15) is 0 Å². The molecule has 41 heavy (non-hydrogen) atoms. The van der Waals surface area contributed by atoms with Crippen molar-refractivity contribution in [2.45, 2.75) is 30.8 Å². The molecule has 0 aromatic heterocycles. The summed E-state index contributed by atoms with van der Waals surface area (Å²) < 4.78 is 30.8. The predicted octanol–water partition coefficient (Wildman–Crippen LogP) is 6.15. The third-order valence-corrected chi connectivity index (χ3v) is 8.58. The van der Waals surface area contributed by atoms with Crippen LogP contribution in [0.1, 0.15) is 41.7 Å². The highest BCUT2D eigenvalue weighted by Gasteiger charge is 2.51. The van der Waals surface area contributed by atoms with E-state index in [2.05, 4.69) is 0 Å². The Balaban J connectivity index is 1.77. The van der Waals surface area contributed by atoms with E-state index in [4.69, 9.17) is 4.74 Å². The molecule has 208 valence electrons. The van der Waals surface area contributed by atoms with E-state index >= 15 is 0 Å². The largest absolute Gasteiger partial charge is 0.481 e. The van der Waals surface area contributed by atoms with Gasteiger partial charge in [0.2, 0.25) is 0 Å². The Bertz CT molecular complexity index is 1700. The van der Waals surface area contributed by atoms with Crippen molar-refractivity contribution in [2.24, 2.45) is 5.41 Å². The minimum Gasteiger partial charge on any atom is -0.481 e. The topological polar surface area (TPSA) is 97.7 Å². The van der Waals surface area contributed by atoms with E-state index < -0.39 is 32.8 Å². The van der Waals surface area contributed by atoms with Crippen molar-refractivity contribution in [3.05, 3.63) is 137 Å². The molecule has 1 N–H and O–H groups in total. The number of aliphatic carboxylic acids is 1. The number of carboxylic acids is 1. The van der Waals surface area contributed by atoms with Gasteiger partial charge >= 0.3 is 11.9 Å². The van der Waals surface area contributed by atoms with Gasteiger partial charge in [0, 0.05) is 23.0 Å². The average molecular weight is 567 g/mol. The van der Waals surface area contributed by atoms with Gasteiger partial charge < -0.3 is 9.84 Å². The lowest BCUT2D eigenvalue weighted by molar-refractivity contribution is -0.147. The number of hydrogen-bond acceptors (Lipinski definition) is 5. The Morgan fingerprint density at radius 2 is 1.27 bits per heavy atom. The molecule has 4 aromatic rings. The van der Waals surface area contributed by atoms with Crippen LogP contribution < -0.4 is 0 Å². The molecule has 0 bridgehead atoms. The maximum atomic E-state index is 13.9. The van der Waals surface area contributed by atoms with E-state index in [1.807, 2.05) is 72.8 Å². The van der Waals surface area contributed by atoms with Crippen molar-refractivity contribution >= 4 is 32.9 Å². The zero-order valence-corrected chi connectivity index (χ0v) is 23.8. The van der Waals surface area contributed by atoms with Crippen LogP contribution in [-0.2, 0) is 36.2 Å². The van der Waals surface area contributed by atoms with Crippen LogP contribution in [0.4, 0.5) is 0 Å². The number of ether oxygens (including phenoxy) is 1. The molecule has 0 saturated carbocycles. The number of carbonyl (C=O) groups is 2. The number of hydrogen-bond donors (Lipinski definition) is 1. The Hall–Kier alpha value is -4.49. The van der Waals surface area contributed by atoms with Gasteiger partial charge in [-0.1, -0.05) is 97.1 Å². The summed E-state index contributed by atoms with van der Waals surface area (Å²) in [6, 6.07) is 32.7. The number of cyclic esters (lactones) is 1. The van der Waals surface area contributed by atoms with Crippen molar-refractivity contribution in [3.63, 3.8) is 0 Å². The number of carbonyl (C=O) groups excluding carboxylic acids is 1. The van der Waals surface area contributed by atoms with Gasteiger partial charge in [-0.3, -0.25) is 4.79 Å². The van der Waals surface area contributed by atoms with Gasteiger partial charge in [-0.15, -0.1) is 0 Å². The summed E-state index contributed by atoms with van der Waals surface area (Å²) in [4.78, 5) is 25.7. The quantitative estimate of drug-likeness (QED) is 0.257. The molecule has 1 heterocycles. The monoisotopic (exact) mass is 566 g/mol. The van der Waals surface area contributed by atoms with Gasteiger partial charge in [-0.25, -0.2) is 13.2 Å². The number of rotatable bonds is 8. The van der Waals surface area contributed by atoms with Crippen molar-refractivity contribution < 1.29 is 27.9 Å². The molecule has 5 rings (SSSR count). The van der Waals surface area contributed by atoms with E-state index in [1.54, 1.807) is 38.1 Å².